The Labute approximate surface area is 170 Å². The number of hydrazine groups is 1. The number of carbonyl (C=O) groups excluding carboxylic acids is 2. The van der Waals surface area contributed by atoms with Crippen LogP contribution in [0.3, 0.4) is 0 Å². The van der Waals surface area contributed by atoms with Gasteiger partial charge in [-0.2, -0.15) is 8.75 Å². The van der Waals surface area contributed by atoms with Gasteiger partial charge in [0.1, 0.15) is 16.8 Å². The van der Waals surface area contributed by atoms with E-state index >= 15 is 0 Å². The minimum atomic E-state index is -0.474. The van der Waals surface area contributed by atoms with Gasteiger partial charge in [0.15, 0.2) is 6.61 Å². The summed E-state index contributed by atoms with van der Waals surface area (Å²) in [4.78, 5) is 24.3. The van der Waals surface area contributed by atoms with Crippen LogP contribution in [0.2, 0.25) is 0 Å². The Morgan fingerprint density at radius 2 is 1.62 bits per heavy atom. The highest BCUT2D eigenvalue weighted by Crippen LogP contribution is 2.29. The Balaban J connectivity index is 1.34. The third kappa shape index (κ3) is 4.39. The SMILES string of the molecule is O=C(COc1ccccc1-c1ccccc1)NNC(=O)c1ccc2nsnc2c1. The van der Waals surface area contributed by atoms with Gasteiger partial charge in [0.05, 0.1) is 11.7 Å². The highest BCUT2D eigenvalue weighted by molar-refractivity contribution is 7.00. The first-order chi connectivity index (χ1) is 14.2. The predicted octanol–water partition coefficient (Wildman–Crippen LogP) is 3.20. The molecule has 2 amide bonds. The van der Waals surface area contributed by atoms with Crippen molar-refractivity contribution in [3.8, 4) is 16.9 Å². The van der Waals surface area contributed by atoms with Crippen LogP contribution in [0, 0.1) is 0 Å². The second-order valence-corrected chi connectivity index (χ2v) is 6.65. The van der Waals surface area contributed by atoms with Crippen molar-refractivity contribution in [2.75, 3.05) is 6.61 Å². The number of rotatable bonds is 5. The lowest BCUT2D eigenvalue weighted by Gasteiger charge is -2.12. The maximum Gasteiger partial charge on any atom is 0.276 e. The molecule has 1 aromatic heterocycles. The number of amides is 2. The van der Waals surface area contributed by atoms with Gasteiger partial charge in [-0.25, -0.2) is 0 Å². The molecule has 144 valence electrons. The fourth-order valence-corrected chi connectivity index (χ4v) is 3.27. The quantitative estimate of drug-likeness (QED) is 0.498. The van der Waals surface area contributed by atoms with Gasteiger partial charge in [0.25, 0.3) is 11.8 Å². The number of hydrogen-bond donors (Lipinski definition) is 2. The lowest BCUT2D eigenvalue weighted by atomic mass is 10.1. The summed E-state index contributed by atoms with van der Waals surface area (Å²) < 4.78 is 13.8. The molecule has 7 nitrogen and oxygen atoms in total. The lowest BCUT2D eigenvalue weighted by molar-refractivity contribution is -0.123. The molecule has 0 saturated carbocycles. The molecule has 8 heteroatoms. The highest BCUT2D eigenvalue weighted by Gasteiger charge is 2.11. The largest absolute Gasteiger partial charge is 0.483 e. The van der Waals surface area contributed by atoms with Gasteiger partial charge >= 0.3 is 0 Å². The number of carbonyl (C=O) groups is 2. The molecule has 4 aromatic rings. The third-order valence-corrected chi connectivity index (χ3v) is 4.72. The van der Waals surface area contributed by atoms with Gasteiger partial charge in [0.2, 0.25) is 0 Å². The molecule has 0 fully saturated rings. The van der Waals surface area contributed by atoms with Gasteiger partial charge in [0, 0.05) is 11.1 Å². The molecule has 4 rings (SSSR count). The highest BCUT2D eigenvalue weighted by atomic mass is 32.1. The average molecular weight is 404 g/mol. The van der Waals surface area contributed by atoms with Crippen molar-refractivity contribution >= 4 is 34.6 Å². The fraction of sp³-hybridized carbons (Fsp3) is 0.0476. The molecule has 2 N–H and O–H groups in total. The molecular formula is C21H16N4O3S. The molecule has 3 aromatic carbocycles. The van der Waals surface area contributed by atoms with Crippen molar-refractivity contribution in [3.63, 3.8) is 0 Å². The Bertz CT molecular complexity index is 1160. The van der Waals surface area contributed by atoms with Crippen LogP contribution in [-0.2, 0) is 4.79 Å². The second kappa shape index (κ2) is 8.49. The molecule has 0 bridgehead atoms. The van der Waals surface area contributed by atoms with Crippen LogP contribution in [0.5, 0.6) is 5.75 Å². The maximum absolute atomic E-state index is 12.2. The van der Waals surface area contributed by atoms with E-state index in [0.717, 1.165) is 28.4 Å². The Hall–Kier alpha value is -3.78. The van der Waals surface area contributed by atoms with E-state index in [-0.39, 0.29) is 6.61 Å². The van der Waals surface area contributed by atoms with Gasteiger partial charge in [-0.15, -0.1) is 0 Å². The summed E-state index contributed by atoms with van der Waals surface area (Å²) in [5.74, 6) is -0.336. The van der Waals surface area contributed by atoms with Crippen molar-refractivity contribution in [1.29, 1.82) is 0 Å². The second-order valence-electron chi connectivity index (χ2n) is 6.12. The zero-order valence-electron chi connectivity index (χ0n) is 15.2. The smallest absolute Gasteiger partial charge is 0.276 e. The normalized spacial score (nSPS) is 10.5. The van der Waals surface area contributed by atoms with Crippen molar-refractivity contribution in [2.24, 2.45) is 0 Å². The first kappa shape index (κ1) is 18.6. The van der Waals surface area contributed by atoms with E-state index in [1.807, 2.05) is 48.5 Å². The zero-order chi connectivity index (χ0) is 20.1. The molecule has 29 heavy (non-hydrogen) atoms. The van der Waals surface area contributed by atoms with Crippen LogP contribution >= 0.6 is 11.7 Å². The van der Waals surface area contributed by atoms with E-state index in [2.05, 4.69) is 19.6 Å². The number of nitrogens with zero attached hydrogens (tertiary/aromatic N) is 2. The third-order valence-electron chi connectivity index (χ3n) is 4.16. The van der Waals surface area contributed by atoms with Crippen LogP contribution in [0.15, 0.2) is 72.8 Å². The summed E-state index contributed by atoms with van der Waals surface area (Å²) >= 11 is 1.08. The van der Waals surface area contributed by atoms with Crippen molar-refractivity contribution in [3.05, 3.63) is 78.4 Å². The Kier molecular flexibility index (Phi) is 5.44. The molecule has 0 aliphatic rings. The van der Waals surface area contributed by atoms with Crippen LogP contribution < -0.4 is 15.6 Å². The number of para-hydroxylation sites is 1. The molecule has 0 atom stereocenters. The molecule has 0 unspecified atom stereocenters. The number of aromatic nitrogens is 2. The van der Waals surface area contributed by atoms with Gasteiger partial charge < -0.3 is 4.74 Å². The molecular weight excluding hydrogens is 388 g/mol. The predicted molar refractivity (Wildman–Crippen MR) is 110 cm³/mol. The fourth-order valence-electron chi connectivity index (χ4n) is 2.75. The number of fused-ring (bicyclic) bond motifs is 1. The first-order valence-corrected chi connectivity index (χ1v) is 9.52. The molecule has 1 heterocycles. The standard InChI is InChI=1S/C21H16N4O3S/c26-20(22-23-21(27)15-10-11-17-18(12-15)25-29-24-17)13-28-19-9-5-4-8-16(19)14-6-2-1-3-7-14/h1-12H,13H2,(H,22,26)(H,23,27). The summed E-state index contributed by atoms with van der Waals surface area (Å²) in [6.45, 7) is -0.237. The van der Waals surface area contributed by atoms with Gasteiger partial charge in [-0.1, -0.05) is 48.5 Å². The van der Waals surface area contributed by atoms with E-state index in [1.165, 1.54) is 0 Å². The van der Waals surface area contributed by atoms with Crippen LogP contribution in [0.25, 0.3) is 22.2 Å². The maximum atomic E-state index is 12.2. The van der Waals surface area contributed by atoms with Crippen molar-refractivity contribution in [2.45, 2.75) is 0 Å². The van der Waals surface area contributed by atoms with E-state index < -0.39 is 11.8 Å². The topological polar surface area (TPSA) is 93.2 Å². The lowest BCUT2D eigenvalue weighted by Crippen LogP contribution is -2.43. The van der Waals surface area contributed by atoms with Crippen molar-refractivity contribution < 1.29 is 14.3 Å². The number of nitrogens with one attached hydrogen (secondary N) is 2. The average Bonchev–Trinajstić information content (AvgIpc) is 3.25. The molecule has 0 aliphatic heterocycles. The summed E-state index contributed by atoms with van der Waals surface area (Å²) in [6, 6.07) is 22.2. The van der Waals surface area contributed by atoms with E-state index in [0.29, 0.717) is 16.8 Å². The minimum absolute atomic E-state index is 0.237. The van der Waals surface area contributed by atoms with E-state index in [4.69, 9.17) is 4.74 Å². The van der Waals surface area contributed by atoms with Crippen LogP contribution in [-0.4, -0.2) is 27.2 Å². The van der Waals surface area contributed by atoms with E-state index in [1.54, 1.807) is 24.3 Å². The number of benzene rings is 3. The number of hydrogen-bond acceptors (Lipinski definition) is 6. The molecule has 0 saturated heterocycles. The summed E-state index contributed by atoms with van der Waals surface area (Å²) in [7, 11) is 0. The minimum Gasteiger partial charge on any atom is -0.483 e. The van der Waals surface area contributed by atoms with Crippen molar-refractivity contribution in [1.82, 2.24) is 19.6 Å². The monoisotopic (exact) mass is 404 g/mol. The summed E-state index contributed by atoms with van der Waals surface area (Å²) in [5, 5.41) is 0. The van der Waals surface area contributed by atoms with Crippen LogP contribution in [0.1, 0.15) is 10.4 Å². The molecule has 0 aliphatic carbocycles. The Morgan fingerprint density at radius 1 is 0.862 bits per heavy atom. The summed E-state index contributed by atoms with van der Waals surface area (Å²) in [5.41, 5.74) is 8.34. The number of ether oxygens (including phenoxy) is 1. The van der Waals surface area contributed by atoms with Crippen LogP contribution in [0.4, 0.5) is 0 Å². The zero-order valence-corrected chi connectivity index (χ0v) is 16.0. The first-order valence-electron chi connectivity index (χ1n) is 8.79. The summed E-state index contributed by atoms with van der Waals surface area (Å²) in [6.07, 6.45) is 0. The molecule has 0 radical (unpaired) electrons. The molecule has 0 spiro atoms. The van der Waals surface area contributed by atoms with E-state index in [9.17, 15) is 9.59 Å². The van der Waals surface area contributed by atoms with Gasteiger partial charge in [-0.05, 0) is 29.8 Å². The van der Waals surface area contributed by atoms with Gasteiger partial charge in [-0.3, -0.25) is 20.4 Å². The Morgan fingerprint density at radius 3 is 2.48 bits per heavy atom.